The Kier molecular flexibility index (Phi) is 6.52. The predicted molar refractivity (Wildman–Crippen MR) is 135 cm³/mol. The fourth-order valence-electron chi connectivity index (χ4n) is 4.24. The number of amides is 1. The van der Waals surface area contributed by atoms with Gasteiger partial charge in [-0.2, -0.15) is 4.98 Å². The number of carbonyl (C=O) groups is 1. The molecule has 2 atom stereocenters. The molecule has 0 saturated carbocycles. The van der Waals surface area contributed by atoms with Gasteiger partial charge in [-0.15, -0.1) is 5.10 Å². The van der Waals surface area contributed by atoms with E-state index in [9.17, 15) is 4.79 Å². The highest BCUT2D eigenvalue weighted by Crippen LogP contribution is 2.40. The highest BCUT2D eigenvalue weighted by molar-refractivity contribution is 6.31. The summed E-state index contributed by atoms with van der Waals surface area (Å²) in [4.78, 5) is 17.2. The van der Waals surface area contributed by atoms with Crippen molar-refractivity contribution >= 4 is 41.0 Å². The molecule has 1 aliphatic heterocycles. The third kappa shape index (κ3) is 4.93. The van der Waals surface area contributed by atoms with Crippen LogP contribution in [-0.2, 0) is 11.2 Å². The van der Waals surface area contributed by atoms with E-state index in [1.165, 1.54) is 0 Å². The molecule has 8 heteroatoms. The van der Waals surface area contributed by atoms with E-state index >= 15 is 0 Å². The zero-order valence-electron chi connectivity index (χ0n) is 18.3. The maximum Gasteiger partial charge on any atom is 0.250 e. The summed E-state index contributed by atoms with van der Waals surface area (Å²) in [5.74, 6) is 0.721. The molecule has 172 valence electrons. The minimum absolute atomic E-state index is 0.0168. The second-order valence-corrected chi connectivity index (χ2v) is 9.10. The van der Waals surface area contributed by atoms with Crippen molar-refractivity contribution in [1.29, 1.82) is 0 Å². The van der Waals surface area contributed by atoms with Crippen LogP contribution < -0.4 is 10.6 Å². The highest BCUT2D eigenvalue weighted by Gasteiger charge is 2.32. The molecule has 34 heavy (non-hydrogen) atoms. The highest BCUT2D eigenvalue weighted by atomic mass is 35.5. The van der Waals surface area contributed by atoms with E-state index in [1.807, 2.05) is 78.9 Å². The average Bonchev–Trinajstić information content (AvgIpc) is 3.26. The molecule has 6 nitrogen and oxygen atoms in total. The van der Waals surface area contributed by atoms with Gasteiger partial charge in [0.2, 0.25) is 11.9 Å². The fourth-order valence-corrected chi connectivity index (χ4v) is 4.63. The van der Waals surface area contributed by atoms with Gasteiger partial charge in [0, 0.05) is 16.5 Å². The van der Waals surface area contributed by atoms with Gasteiger partial charge in [0.05, 0.1) is 12.1 Å². The number of hydrogen-bond donors (Lipinski definition) is 2. The molecule has 0 bridgehead atoms. The van der Waals surface area contributed by atoms with Crippen molar-refractivity contribution in [2.24, 2.45) is 0 Å². The molecule has 0 aliphatic carbocycles. The summed E-state index contributed by atoms with van der Waals surface area (Å²) < 4.78 is 1.81. The van der Waals surface area contributed by atoms with Crippen molar-refractivity contribution in [3.8, 4) is 0 Å². The zero-order valence-corrected chi connectivity index (χ0v) is 19.8. The molecule has 3 aromatic carbocycles. The number of hydrogen-bond acceptors (Lipinski definition) is 4. The summed E-state index contributed by atoms with van der Waals surface area (Å²) in [6, 6.07) is 25.3. The number of fused-ring (bicyclic) bond motifs is 1. The van der Waals surface area contributed by atoms with Crippen LogP contribution in [0.25, 0.3) is 0 Å². The van der Waals surface area contributed by atoms with E-state index in [4.69, 9.17) is 23.2 Å². The standard InChI is InChI=1S/C26H23Cl2N5O/c27-19-13-11-18(12-14-19)22-16-23(20-8-4-5-9-21(20)28)33-26(29-22)31-25(32-33)30-24(34)15-10-17-6-2-1-3-7-17/h1-9,11-14,22-23H,10,15-16H2,(H2,29,30,31,32,34)/t22-,23-/m1/s1. The molecule has 0 fully saturated rings. The lowest BCUT2D eigenvalue weighted by molar-refractivity contribution is -0.116. The van der Waals surface area contributed by atoms with Crippen LogP contribution in [0, 0.1) is 0 Å². The van der Waals surface area contributed by atoms with Gasteiger partial charge in [0.25, 0.3) is 5.95 Å². The van der Waals surface area contributed by atoms with Gasteiger partial charge in [-0.25, -0.2) is 4.68 Å². The SMILES string of the molecule is O=C(CCc1ccccc1)Nc1nc2n(n1)[C@@H](c1ccccc1Cl)C[C@H](c1ccc(Cl)cc1)N2. The summed E-state index contributed by atoms with van der Waals surface area (Å²) in [5.41, 5.74) is 3.16. The quantitative estimate of drug-likeness (QED) is 0.331. The number of rotatable bonds is 6. The Morgan fingerprint density at radius 2 is 1.74 bits per heavy atom. The molecule has 1 amide bonds. The maximum atomic E-state index is 12.6. The molecule has 2 N–H and O–H groups in total. The van der Waals surface area contributed by atoms with Crippen LogP contribution in [0.4, 0.5) is 11.9 Å². The molecule has 2 heterocycles. The van der Waals surface area contributed by atoms with Gasteiger partial charge in [0.1, 0.15) is 0 Å². The first-order chi connectivity index (χ1) is 16.6. The third-order valence-electron chi connectivity index (χ3n) is 5.96. The van der Waals surface area contributed by atoms with E-state index in [1.54, 1.807) is 4.68 Å². The van der Waals surface area contributed by atoms with E-state index in [0.717, 1.165) is 16.7 Å². The molecular weight excluding hydrogens is 469 g/mol. The van der Waals surface area contributed by atoms with Gasteiger partial charge in [-0.05, 0) is 47.7 Å². The maximum absolute atomic E-state index is 12.6. The van der Waals surface area contributed by atoms with Crippen LogP contribution in [0.5, 0.6) is 0 Å². The number of carbonyl (C=O) groups excluding carboxylic acids is 1. The van der Waals surface area contributed by atoms with Crippen LogP contribution >= 0.6 is 23.2 Å². The van der Waals surface area contributed by atoms with E-state index in [2.05, 4.69) is 20.7 Å². The van der Waals surface area contributed by atoms with E-state index in [0.29, 0.717) is 35.3 Å². The second-order valence-electron chi connectivity index (χ2n) is 8.26. The van der Waals surface area contributed by atoms with Gasteiger partial charge < -0.3 is 5.32 Å². The molecule has 1 aliphatic rings. The van der Waals surface area contributed by atoms with Crippen molar-refractivity contribution in [3.63, 3.8) is 0 Å². The third-order valence-corrected chi connectivity index (χ3v) is 6.56. The first-order valence-corrected chi connectivity index (χ1v) is 11.9. The number of benzene rings is 3. The van der Waals surface area contributed by atoms with Crippen molar-refractivity contribution in [2.45, 2.75) is 31.3 Å². The Balaban J connectivity index is 1.40. The summed E-state index contributed by atoms with van der Waals surface area (Å²) in [7, 11) is 0. The average molecular weight is 492 g/mol. The normalized spacial score (nSPS) is 17.0. The largest absolute Gasteiger partial charge is 0.347 e. The molecule has 0 saturated heterocycles. The Morgan fingerprint density at radius 1 is 1.00 bits per heavy atom. The fraction of sp³-hybridized carbons (Fsp3) is 0.192. The molecular formula is C26H23Cl2N5O. The lowest BCUT2D eigenvalue weighted by atomic mass is 9.93. The number of aromatic nitrogens is 3. The first kappa shape index (κ1) is 22.4. The summed E-state index contributed by atoms with van der Waals surface area (Å²) >= 11 is 12.6. The molecule has 0 radical (unpaired) electrons. The smallest absolute Gasteiger partial charge is 0.250 e. The zero-order chi connectivity index (χ0) is 23.5. The lowest BCUT2D eigenvalue weighted by Gasteiger charge is -2.32. The Labute approximate surface area is 207 Å². The van der Waals surface area contributed by atoms with E-state index < -0.39 is 0 Å². The minimum atomic E-state index is -0.145. The van der Waals surface area contributed by atoms with Gasteiger partial charge in [-0.3, -0.25) is 10.1 Å². The lowest BCUT2D eigenvalue weighted by Crippen LogP contribution is -2.28. The van der Waals surface area contributed by atoms with Crippen LogP contribution in [0.2, 0.25) is 10.0 Å². The van der Waals surface area contributed by atoms with Crippen molar-refractivity contribution in [3.05, 3.63) is 106 Å². The van der Waals surface area contributed by atoms with Crippen LogP contribution in [0.1, 0.15) is 41.6 Å². The number of halogens is 2. The Morgan fingerprint density at radius 3 is 2.50 bits per heavy atom. The summed E-state index contributed by atoms with van der Waals surface area (Å²) in [5, 5.41) is 12.3. The van der Waals surface area contributed by atoms with E-state index in [-0.39, 0.29) is 23.9 Å². The summed E-state index contributed by atoms with van der Waals surface area (Å²) in [6.45, 7) is 0. The number of nitrogens with one attached hydrogen (secondary N) is 2. The topological polar surface area (TPSA) is 71.8 Å². The number of anilines is 2. The van der Waals surface area contributed by atoms with Crippen molar-refractivity contribution < 1.29 is 4.79 Å². The first-order valence-electron chi connectivity index (χ1n) is 11.1. The monoisotopic (exact) mass is 491 g/mol. The van der Waals surface area contributed by atoms with Crippen LogP contribution in [0.15, 0.2) is 78.9 Å². The second kappa shape index (κ2) is 9.87. The van der Waals surface area contributed by atoms with Gasteiger partial charge in [-0.1, -0.05) is 83.9 Å². The van der Waals surface area contributed by atoms with Crippen LogP contribution in [-0.4, -0.2) is 20.7 Å². The molecule has 0 spiro atoms. The minimum Gasteiger partial charge on any atom is -0.347 e. The molecule has 4 aromatic rings. The van der Waals surface area contributed by atoms with Crippen LogP contribution in [0.3, 0.4) is 0 Å². The number of aryl methyl sites for hydroxylation is 1. The molecule has 1 aromatic heterocycles. The van der Waals surface area contributed by atoms with Crippen molar-refractivity contribution in [2.75, 3.05) is 10.6 Å². The number of nitrogens with zero attached hydrogens (tertiary/aromatic N) is 3. The van der Waals surface area contributed by atoms with Gasteiger partial charge >= 0.3 is 0 Å². The van der Waals surface area contributed by atoms with Crippen molar-refractivity contribution in [1.82, 2.24) is 14.8 Å². The predicted octanol–water partition coefficient (Wildman–Crippen LogP) is 6.30. The van der Waals surface area contributed by atoms with Gasteiger partial charge in [0.15, 0.2) is 0 Å². The Hall–Kier alpha value is -3.35. The molecule has 0 unspecified atom stereocenters. The Bertz CT molecular complexity index is 1290. The summed E-state index contributed by atoms with van der Waals surface area (Å²) in [6.07, 6.45) is 1.71. The molecule has 5 rings (SSSR count).